The van der Waals surface area contributed by atoms with Crippen LogP contribution in [0.15, 0.2) is 88.4 Å². The van der Waals surface area contributed by atoms with Gasteiger partial charge >= 0.3 is 6.03 Å². The number of carbonyl (C=O) groups excluding carboxylic acids is 2. The van der Waals surface area contributed by atoms with E-state index in [0.29, 0.717) is 10.7 Å². The van der Waals surface area contributed by atoms with Crippen molar-refractivity contribution in [3.8, 4) is 0 Å². The minimum absolute atomic E-state index is 0.0126. The highest BCUT2D eigenvalue weighted by atomic mass is 79.9. The van der Waals surface area contributed by atoms with Gasteiger partial charge in [0.25, 0.3) is 0 Å². The van der Waals surface area contributed by atoms with Gasteiger partial charge in [0.05, 0.1) is 12.6 Å². The lowest BCUT2D eigenvalue weighted by Crippen LogP contribution is -2.19. The van der Waals surface area contributed by atoms with Gasteiger partial charge in [-0.2, -0.15) is 5.10 Å². The van der Waals surface area contributed by atoms with E-state index in [-0.39, 0.29) is 17.5 Å². The second kappa shape index (κ2) is 10.6. The first-order valence-corrected chi connectivity index (χ1v) is 12.5. The fraction of sp³-hybridized carbons (Fsp3) is 0.0385. The maximum atomic E-state index is 12.4. The number of anilines is 2. The second-order valence-electron chi connectivity index (χ2n) is 7.79. The smallest absolute Gasteiger partial charge is 0.308 e. The zero-order chi connectivity index (χ0) is 24.9. The van der Waals surface area contributed by atoms with Crippen LogP contribution in [0.1, 0.15) is 10.6 Å². The highest BCUT2D eigenvalue weighted by Crippen LogP contribution is 2.27. The molecule has 0 aliphatic rings. The highest BCUT2D eigenvalue weighted by Gasteiger charge is 2.12. The van der Waals surface area contributed by atoms with Crippen molar-refractivity contribution < 1.29 is 9.59 Å². The van der Waals surface area contributed by atoms with Crippen molar-refractivity contribution >= 4 is 77.8 Å². The SMILES string of the molecule is O=C(Cc1nnc(NC(=O)Nc2ccc(Br)cc2)s1)N/N=C\c1c2ccccc2cc2ccccc12. The molecule has 3 N–H and O–H groups in total. The Morgan fingerprint density at radius 2 is 1.56 bits per heavy atom. The predicted molar refractivity (Wildman–Crippen MR) is 148 cm³/mol. The molecule has 0 spiro atoms. The van der Waals surface area contributed by atoms with Gasteiger partial charge in [-0.15, -0.1) is 10.2 Å². The van der Waals surface area contributed by atoms with Gasteiger partial charge < -0.3 is 5.32 Å². The van der Waals surface area contributed by atoms with E-state index in [1.54, 1.807) is 18.3 Å². The lowest BCUT2D eigenvalue weighted by molar-refractivity contribution is -0.120. The van der Waals surface area contributed by atoms with Crippen molar-refractivity contribution in [3.05, 3.63) is 93.9 Å². The van der Waals surface area contributed by atoms with E-state index in [1.165, 1.54) is 0 Å². The Bertz CT molecular complexity index is 1550. The van der Waals surface area contributed by atoms with Crippen LogP contribution in [0.3, 0.4) is 0 Å². The van der Waals surface area contributed by atoms with Crippen molar-refractivity contribution in [1.29, 1.82) is 0 Å². The van der Waals surface area contributed by atoms with Crippen molar-refractivity contribution in [2.24, 2.45) is 5.10 Å². The quantitative estimate of drug-likeness (QED) is 0.136. The molecule has 5 aromatic rings. The van der Waals surface area contributed by atoms with E-state index in [0.717, 1.165) is 42.9 Å². The van der Waals surface area contributed by atoms with Crippen molar-refractivity contribution in [2.45, 2.75) is 6.42 Å². The number of aromatic nitrogens is 2. The first-order chi connectivity index (χ1) is 17.5. The van der Waals surface area contributed by atoms with Crippen LogP contribution in [0.2, 0.25) is 0 Å². The van der Waals surface area contributed by atoms with E-state index in [2.05, 4.69) is 65.5 Å². The van der Waals surface area contributed by atoms with Gasteiger partial charge in [-0.3, -0.25) is 10.1 Å². The molecule has 0 fully saturated rings. The summed E-state index contributed by atoms with van der Waals surface area (Å²) in [6.07, 6.45) is 1.66. The summed E-state index contributed by atoms with van der Waals surface area (Å²) in [4.78, 5) is 24.6. The number of rotatable bonds is 6. The van der Waals surface area contributed by atoms with Crippen molar-refractivity contribution in [1.82, 2.24) is 15.6 Å². The van der Waals surface area contributed by atoms with Crippen molar-refractivity contribution in [3.63, 3.8) is 0 Å². The monoisotopic (exact) mass is 558 g/mol. The predicted octanol–water partition coefficient (Wildman–Crippen LogP) is 5.94. The highest BCUT2D eigenvalue weighted by molar-refractivity contribution is 9.10. The zero-order valence-corrected chi connectivity index (χ0v) is 21.1. The molecule has 0 saturated heterocycles. The van der Waals surface area contributed by atoms with E-state index in [4.69, 9.17) is 0 Å². The lowest BCUT2D eigenvalue weighted by atomic mass is 9.97. The number of urea groups is 1. The zero-order valence-electron chi connectivity index (χ0n) is 18.7. The number of nitrogens with zero attached hydrogens (tertiary/aromatic N) is 3. The molecule has 4 aromatic carbocycles. The van der Waals surface area contributed by atoms with Crippen LogP contribution in [0.25, 0.3) is 21.5 Å². The minimum atomic E-state index is -0.448. The minimum Gasteiger partial charge on any atom is -0.308 e. The molecule has 8 nitrogen and oxygen atoms in total. The van der Waals surface area contributed by atoms with Gasteiger partial charge in [-0.1, -0.05) is 75.8 Å². The Morgan fingerprint density at radius 1 is 0.889 bits per heavy atom. The van der Waals surface area contributed by atoms with Crippen LogP contribution in [-0.2, 0) is 11.2 Å². The first kappa shape index (κ1) is 23.6. The molecule has 0 aliphatic heterocycles. The maximum absolute atomic E-state index is 12.4. The largest absolute Gasteiger partial charge is 0.325 e. The van der Waals surface area contributed by atoms with Gasteiger partial charge in [0, 0.05) is 15.7 Å². The molecule has 3 amide bonds. The number of halogens is 1. The topological polar surface area (TPSA) is 108 Å². The number of nitrogens with one attached hydrogen (secondary N) is 3. The summed E-state index contributed by atoms with van der Waals surface area (Å²) in [5.74, 6) is -0.335. The Labute approximate surface area is 218 Å². The Hall–Kier alpha value is -4.15. The van der Waals surface area contributed by atoms with E-state index in [1.807, 2.05) is 48.5 Å². The van der Waals surface area contributed by atoms with E-state index >= 15 is 0 Å². The first-order valence-electron chi connectivity index (χ1n) is 10.9. The Kier molecular flexibility index (Phi) is 6.96. The van der Waals surface area contributed by atoms with E-state index < -0.39 is 6.03 Å². The molecular formula is C26H19BrN6O2S. The standard InChI is InChI=1S/C26H19BrN6O2S/c27-18-9-11-19(12-10-18)29-25(35)30-26-33-32-24(36-26)14-23(34)31-28-15-22-20-7-3-1-5-16(20)13-17-6-2-4-8-21(17)22/h1-13,15H,14H2,(H,31,34)(H2,29,30,33,35)/b28-15-. The summed E-state index contributed by atoms with van der Waals surface area (Å²) in [6.45, 7) is 0. The summed E-state index contributed by atoms with van der Waals surface area (Å²) in [7, 11) is 0. The van der Waals surface area contributed by atoms with Gasteiger partial charge in [0.1, 0.15) is 5.01 Å². The van der Waals surface area contributed by atoms with Gasteiger partial charge in [0.2, 0.25) is 11.0 Å². The average molecular weight is 559 g/mol. The molecule has 0 bridgehead atoms. The molecule has 36 heavy (non-hydrogen) atoms. The number of carbonyl (C=O) groups is 2. The normalized spacial score (nSPS) is 11.1. The summed E-state index contributed by atoms with van der Waals surface area (Å²) in [5, 5.41) is 22.5. The average Bonchev–Trinajstić information content (AvgIpc) is 3.31. The Balaban J connectivity index is 1.21. The van der Waals surface area contributed by atoms with E-state index in [9.17, 15) is 9.59 Å². The molecule has 0 aliphatic carbocycles. The van der Waals surface area contributed by atoms with Gasteiger partial charge in [0.15, 0.2) is 0 Å². The second-order valence-corrected chi connectivity index (χ2v) is 9.77. The maximum Gasteiger partial charge on any atom is 0.325 e. The third-order valence-corrected chi connectivity index (χ3v) is 6.66. The lowest BCUT2D eigenvalue weighted by Gasteiger charge is -2.07. The molecule has 1 heterocycles. The molecule has 10 heteroatoms. The molecule has 178 valence electrons. The molecular weight excluding hydrogens is 540 g/mol. The number of hydrogen-bond donors (Lipinski definition) is 3. The van der Waals surface area contributed by atoms with Crippen LogP contribution in [0.4, 0.5) is 15.6 Å². The summed E-state index contributed by atoms with van der Waals surface area (Å²) >= 11 is 4.47. The molecule has 0 radical (unpaired) electrons. The van der Waals surface area contributed by atoms with Crippen LogP contribution < -0.4 is 16.1 Å². The number of hydrogen-bond acceptors (Lipinski definition) is 6. The molecule has 0 saturated carbocycles. The third-order valence-electron chi connectivity index (χ3n) is 5.30. The Morgan fingerprint density at radius 3 is 2.25 bits per heavy atom. The number of benzene rings is 4. The fourth-order valence-corrected chi connectivity index (χ4v) is 4.70. The summed E-state index contributed by atoms with van der Waals surface area (Å²) in [6, 6.07) is 25.0. The van der Waals surface area contributed by atoms with Crippen LogP contribution in [0.5, 0.6) is 0 Å². The molecule has 0 atom stereocenters. The van der Waals surface area contributed by atoms with Crippen LogP contribution >= 0.6 is 27.3 Å². The number of amides is 3. The van der Waals surface area contributed by atoms with Crippen molar-refractivity contribution in [2.75, 3.05) is 10.6 Å². The molecule has 0 unspecified atom stereocenters. The summed E-state index contributed by atoms with van der Waals surface area (Å²) < 4.78 is 0.912. The van der Waals surface area contributed by atoms with Crippen LogP contribution in [0, 0.1) is 0 Å². The number of hydrazone groups is 1. The number of fused-ring (bicyclic) bond motifs is 2. The van der Waals surface area contributed by atoms with Crippen LogP contribution in [-0.4, -0.2) is 28.4 Å². The van der Waals surface area contributed by atoms with Gasteiger partial charge in [-0.25, -0.2) is 10.2 Å². The third kappa shape index (κ3) is 5.56. The summed E-state index contributed by atoms with van der Waals surface area (Å²) in [5.41, 5.74) is 4.13. The fourth-order valence-electron chi connectivity index (χ4n) is 3.70. The van der Waals surface area contributed by atoms with Gasteiger partial charge in [-0.05, 0) is 51.9 Å². The molecule has 1 aromatic heterocycles. The molecule has 5 rings (SSSR count).